The summed E-state index contributed by atoms with van der Waals surface area (Å²) in [6, 6.07) is 23.9. The van der Waals surface area contributed by atoms with Crippen molar-refractivity contribution in [2.75, 3.05) is 49.3 Å². The lowest BCUT2D eigenvalue weighted by atomic mass is 9.95. The molecule has 3 saturated heterocycles. The zero-order valence-corrected chi connectivity index (χ0v) is 31.9. The van der Waals surface area contributed by atoms with Gasteiger partial charge in [-0.25, -0.2) is 0 Å². The number of carbonyl (C=O) groups excluding carboxylic acids is 2. The first kappa shape index (κ1) is 37.7. The van der Waals surface area contributed by atoms with Crippen LogP contribution in [0.5, 0.6) is 0 Å². The third-order valence-corrected chi connectivity index (χ3v) is 11.1. The van der Waals surface area contributed by atoms with E-state index in [1.165, 1.54) is 19.3 Å². The zero-order chi connectivity index (χ0) is 37.6. The summed E-state index contributed by atoms with van der Waals surface area (Å²) in [4.78, 5) is 40.9. The van der Waals surface area contributed by atoms with Gasteiger partial charge in [-0.2, -0.15) is 0 Å². The maximum atomic E-state index is 12.8. The summed E-state index contributed by atoms with van der Waals surface area (Å²) >= 11 is 5.87. The quantitative estimate of drug-likeness (QED) is 0.168. The second-order valence-corrected chi connectivity index (χ2v) is 14.8. The lowest BCUT2D eigenvalue weighted by Gasteiger charge is -2.31. The van der Waals surface area contributed by atoms with Crippen LogP contribution in [0, 0.1) is 0 Å². The number of hydrogen-bond donors (Lipinski definition) is 0. The van der Waals surface area contributed by atoms with E-state index in [0.717, 1.165) is 82.5 Å². The molecule has 0 unspecified atom stereocenters. The van der Waals surface area contributed by atoms with Crippen molar-refractivity contribution < 1.29 is 28.5 Å². The number of halogens is 1. The first-order chi connectivity index (χ1) is 27.0. The van der Waals surface area contributed by atoms with E-state index >= 15 is 0 Å². The first-order valence-electron chi connectivity index (χ1n) is 19.5. The Morgan fingerprint density at radius 2 is 0.982 bits per heavy atom. The van der Waals surface area contributed by atoms with E-state index in [0.29, 0.717) is 64.7 Å². The molecule has 11 nitrogen and oxygen atoms in total. The molecule has 0 atom stereocenters. The number of ether oxygens (including phenoxy) is 4. The van der Waals surface area contributed by atoms with Crippen LogP contribution in [-0.4, -0.2) is 66.2 Å². The lowest BCUT2D eigenvalue weighted by molar-refractivity contribution is -0.119. The number of alkyl halides is 1. The first-order valence-corrected chi connectivity index (χ1v) is 20.1. The minimum atomic E-state index is -0.331. The molecule has 0 N–H and O–H groups in total. The van der Waals surface area contributed by atoms with E-state index in [9.17, 15) is 9.59 Å². The molecule has 0 saturated carbocycles. The number of carbonyl (C=O) groups is 2. The van der Waals surface area contributed by atoms with Gasteiger partial charge in [-0.1, -0.05) is 42.8 Å². The summed E-state index contributed by atoms with van der Waals surface area (Å²) in [5.41, 5.74) is 9.91. The normalized spacial score (nSPS) is 19.3. The van der Waals surface area contributed by atoms with Crippen molar-refractivity contribution in [3.05, 3.63) is 118 Å². The molecule has 7 heterocycles. The fourth-order valence-electron chi connectivity index (χ4n) is 8.17. The van der Waals surface area contributed by atoms with Crippen LogP contribution in [0.4, 0.5) is 11.4 Å². The van der Waals surface area contributed by atoms with Crippen molar-refractivity contribution in [1.29, 1.82) is 0 Å². The number of amides is 2. The molecule has 5 aliphatic heterocycles. The minimum absolute atomic E-state index is 0.107. The van der Waals surface area contributed by atoms with Gasteiger partial charge in [0.15, 0.2) is 12.6 Å². The van der Waals surface area contributed by atoms with E-state index in [1.807, 2.05) is 59.5 Å². The molecule has 55 heavy (non-hydrogen) atoms. The predicted molar refractivity (Wildman–Crippen MR) is 208 cm³/mol. The molecular formula is C43H48ClN5O6. The van der Waals surface area contributed by atoms with Gasteiger partial charge in [-0.3, -0.25) is 24.5 Å². The smallest absolute Gasteiger partial charge is 0.227 e. The fraction of sp³-hybridized carbons (Fsp3) is 0.442. The van der Waals surface area contributed by atoms with Gasteiger partial charge in [0.25, 0.3) is 0 Å². The van der Waals surface area contributed by atoms with Gasteiger partial charge in [0.1, 0.15) is 0 Å². The third kappa shape index (κ3) is 8.77. The van der Waals surface area contributed by atoms with E-state index in [4.69, 9.17) is 35.5 Å². The summed E-state index contributed by atoms with van der Waals surface area (Å²) in [5, 5.41) is 0. The monoisotopic (exact) mass is 765 g/mol. The molecule has 2 amide bonds. The number of fused-ring (bicyclic) bond motifs is 2. The van der Waals surface area contributed by atoms with Crippen molar-refractivity contribution in [3.8, 4) is 0 Å². The molecule has 5 aliphatic rings. The topological polar surface area (TPSA) is 107 Å². The van der Waals surface area contributed by atoms with Crippen LogP contribution in [0.3, 0.4) is 0 Å². The van der Waals surface area contributed by atoms with E-state index in [1.54, 1.807) is 4.90 Å². The molecule has 9 rings (SSSR count). The second-order valence-electron chi connectivity index (χ2n) is 14.5. The average molecular weight is 766 g/mol. The molecule has 12 heteroatoms. The van der Waals surface area contributed by atoms with Gasteiger partial charge in [-0.15, -0.1) is 11.6 Å². The highest BCUT2D eigenvalue weighted by molar-refractivity contribution is 6.16. The van der Waals surface area contributed by atoms with E-state index in [2.05, 4.69) is 28.1 Å². The zero-order valence-electron chi connectivity index (χ0n) is 31.2. The fourth-order valence-corrected chi connectivity index (χ4v) is 8.32. The van der Waals surface area contributed by atoms with Gasteiger partial charge in [-0.05, 0) is 86.3 Å². The van der Waals surface area contributed by atoms with Crippen LogP contribution in [0.25, 0.3) is 0 Å². The molecule has 2 aromatic heterocycles. The van der Waals surface area contributed by atoms with Gasteiger partial charge in [0.05, 0.1) is 68.2 Å². The number of nitrogens with zero attached hydrogens (tertiary/aromatic N) is 5. The van der Waals surface area contributed by atoms with E-state index < -0.39 is 0 Å². The second kappa shape index (κ2) is 17.7. The number of hydrogen-bond acceptors (Lipinski definition) is 9. The Morgan fingerprint density at radius 1 is 0.545 bits per heavy atom. The Morgan fingerprint density at radius 3 is 1.47 bits per heavy atom. The standard InChI is InChI=1S/C24H29N3O3.C19H19ClN2O3/c28-23-11-10-20-21(24-29-14-15-30-24)8-5-9-22(20)27(23)17-19-7-4-6-18(25-19)16-26-12-2-1-3-13-26;20-11-13-3-1-4-14(21-13)12-22-17-6-2-5-16(19-24-9-10-25-19)15(17)7-8-18(22)23/h4-9,24H,1-3,10-17H2;1-6,19H,7-12H2. The van der Waals surface area contributed by atoms with Crippen LogP contribution in [-0.2, 0) is 66.9 Å². The summed E-state index contributed by atoms with van der Waals surface area (Å²) in [6.45, 7) is 6.56. The Bertz CT molecular complexity index is 1980. The number of benzene rings is 2. The van der Waals surface area contributed by atoms with Crippen LogP contribution in [0.2, 0.25) is 0 Å². The molecule has 4 aromatic rings. The molecular weight excluding hydrogens is 718 g/mol. The van der Waals surface area contributed by atoms with Crippen LogP contribution < -0.4 is 9.80 Å². The number of aromatic nitrogens is 2. The summed E-state index contributed by atoms with van der Waals surface area (Å²) in [5.74, 6) is 0.617. The number of piperidine rings is 1. The average Bonchev–Trinajstić information content (AvgIpc) is 3.97. The van der Waals surface area contributed by atoms with Crippen molar-refractivity contribution in [2.45, 2.75) is 83.0 Å². The SMILES string of the molecule is O=C1CCc2c(C3OCCO3)cccc2N1Cc1cccc(CCl)n1.O=C1CCc2c(C3OCCO3)cccc2N1Cc1cccc(CN2CCCCC2)n1. The number of pyridine rings is 2. The van der Waals surface area contributed by atoms with Crippen LogP contribution in [0.1, 0.15) is 89.7 Å². The van der Waals surface area contributed by atoms with Crippen molar-refractivity contribution in [2.24, 2.45) is 0 Å². The van der Waals surface area contributed by atoms with Crippen LogP contribution in [0.15, 0.2) is 72.8 Å². The number of likely N-dealkylation sites (tertiary alicyclic amines) is 1. The van der Waals surface area contributed by atoms with Gasteiger partial charge in [0.2, 0.25) is 11.8 Å². The molecule has 2 aromatic carbocycles. The summed E-state index contributed by atoms with van der Waals surface area (Å²) in [6.07, 6.45) is 5.65. The number of anilines is 2. The summed E-state index contributed by atoms with van der Waals surface area (Å²) in [7, 11) is 0. The van der Waals surface area contributed by atoms with Crippen molar-refractivity contribution in [3.63, 3.8) is 0 Å². The highest BCUT2D eigenvalue weighted by atomic mass is 35.5. The Hall–Kier alpha value is -4.23. The largest absolute Gasteiger partial charge is 0.346 e. The molecule has 0 radical (unpaired) electrons. The molecule has 288 valence electrons. The Balaban J connectivity index is 0.000000158. The molecule has 0 bridgehead atoms. The van der Waals surface area contributed by atoms with Gasteiger partial charge in [0, 0.05) is 41.9 Å². The van der Waals surface area contributed by atoms with Gasteiger partial charge < -0.3 is 28.7 Å². The van der Waals surface area contributed by atoms with Crippen LogP contribution >= 0.6 is 11.6 Å². The summed E-state index contributed by atoms with van der Waals surface area (Å²) < 4.78 is 22.8. The Labute approximate surface area is 327 Å². The molecule has 0 aliphatic carbocycles. The molecule has 0 spiro atoms. The Kier molecular flexibility index (Phi) is 12.1. The maximum Gasteiger partial charge on any atom is 0.227 e. The minimum Gasteiger partial charge on any atom is -0.346 e. The maximum absolute atomic E-state index is 12.8. The third-order valence-electron chi connectivity index (χ3n) is 10.8. The van der Waals surface area contributed by atoms with Crippen molar-refractivity contribution >= 4 is 34.8 Å². The van der Waals surface area contributed by atoms with E-state index in [-0.39, 0.29) is 24.4 Å². The van der Waals surface area contributed by atoms with Gasteiger partial charge >= 0.3 is 0 Å². The predicted octanol–water partition coefficient (Wildman–Crippen LogP) is 6.94. The number of rotatable bonds is 9. The highest BCUT2D eigenvalue weighted by Gasteiger charge is 2.32. The lowest BCUT2D eigenvalue weighted by Crippen LogP contribution is -2.35. The van der Waals surface area contributed by atoms with Crippen molar-refractivity contribution in [1.82, 2.24) is 14.9 Å². The highest BCUT2D eigenvalue weighted by Crippen LogP contribution is 2.38. The molecule has 3 fully saturated rings.